The zero-order chi connectivity index (χ0) is 20.2. The molecule has 0 aliphatic rings. The fourth-order valence-electron chi connectivity index (χ4n) is 2.77. The van der Waals surface area contributed by atoms with Gasteiger partial charge in [-0.1, -0.05) is 23.9 Å². The molecule has 4 aromatic rings. The number of carbonyl (C=O) groups excluding carboxylic acids is 2. The van der Waals surface area contributed by atoms with Crippen molar-refractivity contribution in [1.82, 2.24) is 9.97 Å². The number of carbonyl (C=O) groups is 2. The van der Waals surface area contributed by atoms with Crippen LogP contribution in [-0.2, 0) is 4.79 Å². The Bertz CT molecular complexity index is 1060. The van der Waals surface area contributed by atoms with Crippen molar-refractivity contribution in [2.45, 2.75) is 12.1 Å². The van der Waals surface area contributed by atoms with Gasteiger partial charge in [-0.25, -0.2) is 4.98 Å². The quantitative estimate of drug-likeness (QED) is 0.282. The second-order valence-corrected chi connectivity index (χ2v) is 9.05. The van der Waals surface area contributed by atoms with Gasteiger partial charge in [-0.05, 0) is 47.2 Å². The van der Waals surface area contributed by atoms with Crippen LogP contribution in [0.2, 0.25) is 0 Å². The lowest BCUT2D eigenvalue weighted by Crippen LogP contribution is -2.07. The summed E-state index contributed by atoms with van der Waals surface area (Å²) < 4.78 is 0. The van der Waals surface area contributed by atoms with Crippen LogP contribution in [-0.4, -0.2) is 27.4 Å². The summed E-state index contributed by atoms with van der Waals surface area (Å²) >= 11 is 4.69. The zero-order valence-electron chi connectivity index (χ0n) is 15.5. The van der Waals surface area contributed by atoms with Gasteiger partial charge in [0.05, 0.1) is 21.2 Å². The minimum absolute atomic E-state index is 0.0103. The van der Waals surface area contributed by atoms with E-state index >= 15 is 0 Å². The Labute approximate surface area is 180 Å². The fourth-order valence-corrected chi connectivity index (χ4v) is 4.98. The van der Waals surface area contributed by atoms with Gasteiger partial charge in [0.2, 0.25) is 5.91 Å². The second kappa shape index (κ2) is 8.77. The maximum Gasteiger partial charge on any atom is 0.221 e. The number of aromatic nitrogens is 2. The average molecular weight is 440 g/mol. The van der Waals surface area contributed by atoms with Gasteiger partial charge in [0, 0.05) is 18.2 Å². The van der Waals surface area contributed by atoms with Crippen LogP contribution >= 0.6 is 34.4 Å². The number of benzene rings is 1. The molecule has 0 aliphatic heterocycles. The van der Waals surface area contributed by atoms with E-state index in [1.807, 2.05) is 29.0 Å². The maximum atomic E-state index is 12.6. The summed E-state index contributed by atoms with van der Waals surface area (Å²) in [6.07, 6.45) is 0. The molecule has 146 valence electrons. The SMILES string of the molecule is CC(=O)Nc1ccc(C(=O)CSc2nc(-c3cccs3)c(-c3cccs3)[nH]2)cc1. The summed E-state index contributed by atoms with van der Waals surface area (Å²) in [5.74, 6) is 0.150. The molecule has 0 saturated carbocycles. The standard InChI is InChI=1S/C21H17N3O2S3/c1-13(25)22-15-8-6-14(7-9-15)16(26)12-29-21-23-19(17-4-2-10-27-17)20(24-21)18-5-3-11-28-18/h2-11H,12H2,1H3,(H,22,25)(H,23,24). The average Bonchev–Trinajstić information content (AvgIpc) is 3.47. The molecule has 2 N–H and O–H groups in total. The van der Waals surface area contributed by atoms with Gasteiger partial charge in [-0.15, -0.1) is 22.7 Å². The smallest absolute Gasteiger partial charge is 0.221 e. The van der Waals surface area contributed by atoms with Gasteiger partial charge >= 0.3 is 0 Å². The number of imidazole rings is 1. The Balaban J connectivity index is 1.49. The number of H-pyrrole nitrogens is 1. The van der Waals surface area contributed by atoms with Gasteiger partial charge in [0.15, 0.2) is 10.9 Å². The summed E-state index contributed by atoms with van der Waals surface area (Å²) in [7, 11) is 0. The van der Waals surface area contributed by atoms with Crippen molar-refractivity contribution in [2.75, 3.05) is 11.1 Å². The van der Waals surface area contributed by atoms with Crippen LogP contribution in [0.25, 0.3) is 21.1 Å². The molecule has 5 nitrogen and oxygen atoms in total. The first-order chi connectivity index (χ1) is 14.1. The van der Waals surface area contributed by atoms with E-state index in [2.05, 4.69) is 16.4 Å². The number of rotatable bonds is 7. The molecule has 0 aliphatic carbocycles. The maximum absolute atomic E-state index is 12.6. The van der Waals surface area contributed by atoms with E-state index in [9.17, 15) is 9.59 Å². The Hall–Kier alpha value is -2.68. The molecule has 3 aromatic heterocycles. The molecule has 4 rings (SSSR count). The van der Waals surface area contributed by atoms with Crippen molar-refractivity contribution >= 4 is 51.8 Å². The number of amides is 1. The Morgan fingerprint density at radius 2 is 1.72 bits per heavy atom. The topological polar surface area (TPSA) is 74.8 Å². The van der Waals surface area contributed by atoms with Crippen LogP contribution in [0.5, 0.6) is 0 Å². The van der Waals surface area contributed by atoms with Crippen LogP contribution in [0.4, 0.5) is 5.69 Å². The molecule has 0 radical (unpaired) electrons. The largest absolute Gasteiger partial charge is 0.332 e. The zero-order valence-corrected chi connectivity index (χ0v) is 17.9. The lowest BCUT2D eigenvalue weighted by atomic mass is 10.1. The van der Waals surface area contributed by atoms with E-state index < -0.39 is 0 Å². The summed E-state index contributed by atoms with van der Waals surface area (Å²) in [6.45, 7) is 1.45. The van der Waals surface area contributed by atoms with Gasteiger partial charge in [-0.2, -0.15) is 0 Å². The first kappa shape index (κ1) is 19.6. The Kier molecular flexibility index (Phi) is 5.94. The number of thiophene rings is 2. The third-order valence-corrected chi connectivity index (χ3v) is 6.71. The van der Waals surface area contributed by atoms with Gasteiger partial charge in [0.1, 0.15) is 5.69 Å². The molecular weight excluding hydrogens is 422 g/mol. The predicted octanol–water partition coefficient (Wildman–Crippen LogP) is 5.80. The van der Waals surface area contributed by atoms with Crippen molar-refractivity contribution < 1.29 is 9.59 Å². The fraction of sp³-hybridized carbons (Fsp3) is 0.0952. The number of thioether (sulfide) groups is 1. The minimum atomic E-state index is -0.138. The van der Waals surface area contributed by atoms with Gasteiger partial charge in [-0.3, -0.25) is 9.59 Å². The second-order valence-electron chi connectivity index (χ2n) is 6.19. The van der Waals surface area contributed by atoms with Crippen LogP contribution < -0.4 is 5.32 Å². The first-order valence-corrected chi connectivity index (χ1v) is 11.6. The molecule has 1 amide bonds. The van der Waals surface area contributed by atoms with E-state index in [-0.39, 0.29) is 17.4 Å². The van der Waals surface area contributed by atoms with Crippen LogP contribution in [0, 0.1) is 0 Å². The van der Waals surface area contributed by atoms with E-state index in [0.717, 1.165) is 26.3 Å². The Morgan fingerprint density at radius 1 is 1.03 bits per heavy atom. The molecule has 0 bridgehead atoms. The number of hydrogen-bond donors (Lipinski definition) is 2. The molecule has 0 atom stereocenters. The van der Waals surface area contributed by atoms with Gasteiger partial charge < -0.3 is 10.3 Å². The van der Waals surface area contributed by atoms with E-state index in [0.29, 0.717) is 11.3 Å². The summed E-state index contributed by atoms with van der Waals surface area (Å²) in [6, 6.07) is 15.1. The van der Waals surface area contributed by atoms with Crippen molar-refractivity contribution in [3.63, 3.8) is 0 Å². The molecule has 1 aromatic carbocycles. The van der Waals surface area contributed by atoms with Crippen LogP contribution in [0.15, 0.2) is 64.4 Å². The minimum Gasteiger partial charge on any atom is -0.332 e. The van der Waals surface area contributed by atoms with E-state index in [1.54, 1.807) is 46.9 Å². The molecule has 0 spiro atoms. The van der Waals surface area contributed by atoms with E-state index in [1.165, 1.54) is 18.7 Å². The van der Waals surface area contributed by atoms with Gasteiger partial charge in [0.25, 0.3) is 0 Å². The van der Waals surface area contributed by atoms with E-state index in [4.69, 9.17) is 4.98 Å². The number of hydrogen-bond acceptors (Lipinski definition) is 6. The predicted molar refractivity (Wildman–Crippen MR) is 121 cm³/mol. The highest BCUT2D eigenvalue weighted by atomic mass is 32.2. The molecule has 8 heteroatoms. The molecule has 0 saturated heterocycles. The number of Topliss-reactive ketones (excluding diaryl/α,β-unsaturated/α-hetero) is 1. The number of aromatic amines is 1. The van der Waals surface area contributed by atoms with Crippen molar-refractivity contribution in [3.05, 3.63) is 64.9 Å². The summed E-state index contributed by atoms with van der Waals surface area (Å²) in [5, 5.41) is 7.49. The lowest BCUT2D eigenvalue weighted by molar-refractivity contribution is -0.114. The lowest BCUT2D eigenvalue weighted by Gasteiger charge is -2.03. The Morgan fingerprint density at radius 3 is 2.34 bits per heavy atom. The highest BCUT2D eigenvalue weighted by molar-refractivity contribution is 7.99. The normalized spacial score (nSPS) is 10.8. The third kappa shape index (κ3) is 4.67. The highest BCUT2D eigenvalue weighted by Crippen LogP contribution is 2.36. The number of nitrogens with one attached hydrogen (secondary N) is 2. The van der Waals surface area contributed by atoms with Crippen LogP contribution in [0.3, 0.4) is 0 Å². The molecule has 29 heavy (non-hydrogen) atoms. The summed E-state index contributed by atoms with van der Waals surface area (Å²) in [5.41, 5.74) is 3.18. The van der Waals surface area contributed by atoms with Crippen LogP contribution in [0.1, 0.15) is 17.3 Å². The van der Waals surface area contributed by atoms with Crippen molar-refractivity contribution in [2.24, 2.45) is 0 Å². The number of ketones is 1. The summed E-state index contributed by atoms with van der Waals surface area (Å²) in [4.78, 5) is 34.0. The number of anilines is 1. The first-order valence-electron chi connectivity index (χ1n) is 8.81. The monoisotopic (exact) mass is 439 g/mol. The van der Waals surface area contributed by atoms with Crippen molar-refractivity contribution in [3.8, 4) is 21.1 Å². The molecule has 0 unspecified atom stereocenters. The highest BCUT2D eigenvalue weighted by Gasteiger charge is 2.17. The molecule has 3 heterocycles. The number of nitrogens with zero attached hydrogens (tertiary/aromatic N) is 1. The molecule has 0 fully saturated rings. The van der Waals surface area contributed by atoms with Crippen molar-refractivity contribution in [1.29, 1.82) is 0 Å². The third-order valence-electron chi connectivity index (χ3n) is 4.07. The molecular formula is C21H17N3O2S3.